The fourth-order valence-electron chi connectivity index (χ4n) is 2.82. The van der Waals surface area contributed by atoms with E-state index in [1.807, 2.05) is 0 Å². The molecule has 6 nitrogen and oxygen atoms in total. The van der Waals surface area contributed by atoms with Gasteiger partial charge in [-0.25, -0.2) is 9.18 Å². The number of alkyl halides is 2. The molecule has 0 aliphatic heterocycles. The van der Waals surface area contributed by atoms with E-state index < -0.39 is 30.9 Å². The fourth-order valence-corrected chi connectivity index (χ4v) is 2.82. The number of benzene rings is 2. The number of halogens is 3. The molecule has 0 saturated heterocycles. The van der Waals surface area contributed by atoms with Gasteiger partial charge >= 0.3 is 12.6 Å². The summed E-state index contributed by atoms with van der Waals surface area (Å²) in [5.41, 5.74) is 1.57. The Hall–Kier alpha value is -3.49. The van der Waals surface area contributed by atoms with Crippen LogP contribution in [0.1, 0.15) is 21.7 Å². The molecular formula is C21H18F3NO5. The summed E-state index contributed by atoms with van der Waals surface area (Å²) in [6.45, 7) is -1.54. The summed E-state index contributed by atoms with van der Waals surface area (Å²) < 4.78 is 52.2. The van der Waals surface area contributed by atoms with E-state index in [1.165, 1.54) is 30.3 Å². The summed E-state index contributed by atoms with van der Waals surface area (Å²) in [5, 5.41) is 3.04. The molecule has 1 heterocycles. The minimum absolute atomic E-state index is 0.0494. The molecule has 1 aromatic heterocycles. The zero-order chi connectivity index (χ0) is 21.7. The number of carbonyl (C=O) groups excluding carboxylic acids is 2. The summed E-state index contributed by atoms with van der Waals surface area (Å²) in [6.07, 6.45) is 0.447. The number of amides is 1. The Kier molecular flexibility index (Phi) is 6.61. The number of hydrogen-bond donors (Lipinski definition) is 1. The van der Waals surface area contributed by atoms with Crippen LogP contribution in [-0.4, -0.2) is 31.6 Å². The van der Waals surface area contributed by atoms with Crippen LogP contribution in [-0.2, 0) is 16.0 Å². The molecule has 9 heteroatoms. The van der Waals surface area contributed by atoms with E-state index in [2.05, 4.69) is 10.1 Å². The molecule has 0 aliphatic rings. The zero-order valence-corrected chi connectivity index (χ0v) is 15.9. The Labute approximate surface area is 169 Å². The number of hydrogen-bond acceptors (Lipinski definition) is 5. The monoisotopic (exact) mass is 421 g/mol. The summed E-state index contributed by atoms with van der Waals surface area (Å²) in [6, 6.07) is 9.91. The molecule has 0 atom stereocenters. The van der Waals surface area contributed by atoms with Crippen LogP contribution in [0.3, 0.4) is 0 Å². The number of rotatable bonds is 8. The highest BCUT2D eigenvalue weighted by atomic mass is 19.3. The average Bonchev–Trinajstić information content (AvgIpc) is 3.03. The van der Waals surface area contributed by atoms with Crippen LogP contribution >= 0.6 is 0 Å². The topological polar surface area (TPSA) is 77.8 Å². The number of ether oxygens (including phenoxy) is 2. The Morgan fingerprint density at radius 1 is 1.13 bits per heavy atom. The predicted octanol–water partition coefficient (Wildman–Crippen LogP) is 4.00. The number of fused-ring (bicyclic) bond motifs is 1. The zero-order valence-electron chi connectivity index (χ0n) is 15.9. The summed E-state index contributed by atoms with van der Waals surface area (Å²) in [4.78, 5) is 24.0. The van der Waals surface area contributed by atoms with Crippen molar-refractivity contribution in [2.45, 2.75) is 20.0 Å². The van der Waals surface area contributed by atoms with Crippen molar-refractivity contribution in [3.63, 3.8) is 0 Å². The molecule has 0 unspecified atom stereocenters. The molecule has 0 fully saturated rings. The van der Waals surface area contributed by atoms with Gasteiger partial charge in [-0.3, -0.25) is 4.79 Å². The van der Waals surface area contributed by atoms with E-state index in [0.717, 1.165) is 5.56 Å². The molecule has 30 heavy (non-hydrogen) atoms. The van der Waals surface area contributed by atoms with Gasteiger partial charge in [0.2, 0.25) is 5.76 Å². The van der Waals surface area contributed by atoms with Crippen LogP contribution in [0, 0.1) is 12.7 Å². The number of esters is 1. The first-order chi connectivity index (χ1) is 14.3. The molecule has 0 aliphatic carbocycles. The van der Waals surface area contributed by atoms with Crippen molar-refractivity contribution in [2.24, 2.45) is 0 Å². The highest BCUT2D eigenvalue weighted by molar-refractivity contribution is 5.96. The van der Waals surface area contributed by atoms with E-state index >= 15 is 0 Å². The molecule has 1 amide bonds. The Morgan fingerprint density at radius 2 is 1.87 bits per heavy atom. The maximum absolute atomic E-state index is 13.3. The standard InChI is InChI=1S/C21H18F3NO5/c1-12-16-10-14(22)4-7-17(16)30-19(12)20(27)28-11-18(26)25-9-8-13-2-5-15(6-3-13)29-21(23)24/h2-7,10,21H,8-9,11H2,1H3,(H,25,26). The van der Waals surface area contributed by atoms with Crippen LogP contribution < -0.4 is 10.1 Å². The van der Waals surface area contributed by atoms with Gasteiger partial charge in [-0.05, 0) is 49.2 Å². The molecule has 2 aromatic carbocycles. The second-order valence-electron chi connectivity index (χ2n) is 6.40. The van der Waals surface area contributed by atoms with Gasteiger partial charge in [0.1, 0.15) is 17.1 Å². The van der Waals surface area contributed by atoms with Gasteiger partial charge in [0, 0.05) is 17.5 Å². The van der Waals surface area contributed by atoms with Gasteiger partial charge < -0.3 is 19.2 Å². The van der Waals surface area contributed by atoms with Gasteiger partial charge in [0.15, 0.2) is 6.61 Å². The Bertz CT molecular complexity index is 1050. The number of nitrogens with one attached hydrogen (secondary N) is 1. The van der Waals surface area contributed by atoms with Crippen LogP contribution in [0.15, 0.2) is 46.9 Å². The minimum Gasteiger partial charge on any atom is -0.450 e. The number of furan rings is 1. The maximum atomic E-state index is 13.3. The smallest absolute Gasteiger partial charge is 0.387 e. The second kappa shape index (κ2) is 9.34. The van der Waals surface area contributed by atoms with Crippen molar-refractivity contribution < 1.29 is 36.7 Å². The summed E-state index contributed by atoms with van der Waals surface area (Å²) in [5.74, 6) is -1.83. The first kappa shape index (κ1) is 21.2. The lowest BCUT2D eigenvalue weighted by Gasteiger charge is -2.07. The third-order valence-electron chi connectivity index (χ3n) is 4.30. The van der Waals surface area contributed by atoms with E-state index in [9.17, 15) is 22.8 Å². The highest BCUT2D eigenvalue weighted by Crippen LogP contribution is 2.26. The third kappa shape index (κ3) is 5.31. The molecule has 1 N–H and O–H groups in total. The van der Waals surface area contributed by atoms with Crippen molar-refractivity contribution in [3.05, 3.63) is 65.2 Å². The normalized spacial score (nSPS) is 11.0. The fraction of sp³-hybridized carbons (Fsp3) is 0.238. The molecule has 0 spiro atoms. The highest BCUT2D eigenvalue weighted by Gasteiger charge is 2.20. The van der Waals surface area contributed by atoms with Crippen molar-refractivity contribution in [3.8, 4) is 5.75 Å². The first-order valence-electron chi connectivity index (χ1n) is 8.99. The quantitative estimate of drug-likeness (QED) is 0.557. The van der Waals surface area contributed by atoms with Gasteiger partial charge in [0.25, 0.3) is 5.91 Å². The molecule has 0 bridgehead atoms. The van der Waals surface area contributed by atoms with Gasteiger partial charge in [0.05, 0.1) is 0 Å². The maximum Gasteiger partial charge on any atom is 0.387 e. The van der Waals surface area contributed by atoms with Crippen LogP contribution in [0.2, 0.25) is 0 Å². The van der Waals surface area contributed by atoms with E-state index in [4.69, 9.17) is 9.15 Å². The molecule has 3 rings (SSSR count). The lowest BCUT2D eigenvalue weighted by Crippen LogP contribution is -2.30. The van der Waals surface area contributed by atoms with E-state index in [1.54, 1.807) is 19.1 Å². The Balaban J connectivity index is 1.45. The Morgan fingerprint density at radius 3 is 2.57 bits per heavy atom. The third-order valence-corrected chi connectivity index (χ3v) is 4.30. The number of aryl methyl sites for hydroxylation is 1. The largest absolute Gasteiger partial charge is 0.450 e. The molecular weight excluding hydrogens is 403 g/mol. The summed E-state index contributed by atoms with van der Waals surface area (Å²) in [7, 11) is 0. The lowest BCUT2D eigenvalue weighted by atomic mass is 10.1. The SMILES string of the molecule is Cc1c(C(=O)OCC(=O)NCCc2ccc(OC(F)F)cc2)oc2ccc(F)cc12. The van der Waals surface area contributed by atoms with Crippen molar-refractivity contribution in [1.82, 2.24) is 5.32 Å². The van der Waals surface area contributed by atoms with Crippen molar-refractivity contribution >= 4 is 22.8 Å². The van der Waals surface area contributed by atoms with Crippen LogP contribution in [0.5, 0.6) is 5.75 Å². The second-order valence-corrected chi connectivity index (χ2v) is 6.40. The molecule has 0 radical (unpaired) electrons. The molecule has 158 valence electrons. The predicted molar refractivity (Wildman–Crippen MR) is 101 cm³/mol. The van der Waals surface area contributed by atoms with Crippen LogP contribution in [0.4, 0.5) is 13.2 Å². The van der Waals surface area contributed by atoms with Gasteiger partial charge in [-0.15, -0.1) is 0 Å². The summed E-state index contributed by atoms with van der Waals surface area (Å²) >= 11 is 0. The van der Waals surface area contributed by atoms with Crippen molar-refractivity contribution in [1.29, 1.82) is 0 Å². The van der Waals surface area contributed by atoms with Crippen molar-refractivity contribution in [2.75, 3.05) is 13.2 Å². The molecule has 3 aromatic rings. The van der Waals surface area contributed by atoms with E-state index in [-0.39, 0.29) is 18.1 Å². The van der Waals surface area contributed by atoms with Crippen LogP contribution in [0.25, 0.3) is 11.0 Å². The van der Waals surface area contributed by atoms with E-state index in [0.29, 0.717) is 23.0 Å². The van der Waals surface area contributed by atoms with Gasteiger partial charge in [-0.2, -0.15) is 8.78 Å². The molecule has 0 saturated carbocycles. The average molecular weight is 421 g/mol. The first-order valence-corrected chi connectivity index (χ1v) is 8.99. The number of carbonyl (C=O) groups is 2. The minimum atomic E-state index is -2.89. The van der Waals surface area contributed by atoms with Gasteiger partial charge in [-0.1, -0.05) is 12.1 Å². The lowest BCUT2D eigenvalue weighted by molar-refractivity contribution is -0.124.